The third kappa shape index (κ3) is 3.56. The van der Waals surface area contributed by atoms with Crippen molar-refractivity contribution in [3.63, 3.8) is 0 Å². The molecule has 0 fully saturated rings. The number of ether oxygens (including phenoxy) is 1. The maximum Gasteiger partial charge on any atom is 0.262 e. The number of nitrogens with zero attached hydrogens (tertiary/aromatic N) is 4. The lowest BCUT2D eigenvalue weighted by atomic mass is 10.2. The molecule has 0 aliphatic carbocycles. The van der Waals surface area contributed by atoms with Crippen LogP contribution in [0.25, 0.3) is 5.69 Å². The van der Waals surface area contributed by atoms with Gasteiger partial charge < -0.3 is 10.1 Å². The van der Waals surface area contributed by atoms with Crippen molar-refractivity contribution in [1.29, 1.82) is 5.26 Å². The van der Waals surface area contributed by atoms with Crippen LogP contribution in [-0.2, 0) is 4.79 Å². The van der Waals surface area contributed by atoms with Crippen LogP contribution in [0.4, 0.5) is 5.69 Å². The topological polar surface area (TPSA) is 92.8 Å². The van der Waals surface area contributed by atoms with Gasteiger partial charge in [-0.1, -0.05) is 12.1 Å². The Balaban J connectivity index is 1.58. The Hall–Kier alpha value is -3.66. The van der Waals surface area contributed by atoms with Gasteiger partial charge in [0, 0.05) is 5.69 Å². The highest BCUT2D eigenvalue weighted by Crippen LogP contribution is 2.17. The summed E-state index contributed by atoms with van der Waals surface area (Å²) in [4.78, 5) is 15.8. The Labute approximate surface area is 138 Å². The van der Waals surface area contributed by atoms with Crippen LogP contribution in [-0.4, -0.2) is 27.3 Å². The Morgan fingerprint density at radius 3 is 2.71 bits per heavy atom. The van der Waals surface area contributed by atoms with Gasteiger partial charge in [-0.3, -0.25) is 4.79 Å². The minimum absolute atomic E-state index is 0.177. The second kappa shape index (κ2) is 7.07. The quantitative estimate of drug-likeness (QED) is 0.778. The average Bonchev–Trinajstić information content (AvgIpc) is 3.15. The van der Waals surface area contributed by atoms with E-state index in [4.69, 9.17) is 10.00 Å². The first-order chi connectivity index (χ1) is 11.8. The largest absolute Gasteiger partial charge is 0.482 e. The van der Waals surface area contributed by atoms with Gasteiger partial charge in [0.05, 0.1) is 11.3 Å². The molecule has 1 N–H and O–H groups in total. The number of amides is 1. The SMILES string of the molecule is N#Cc1ccccc1OCC(=O)Nc1ccc(-n2cncn2)cc1. The highest BCUT2D eigenvalue weighted by molar-refractivity contribution is 5.92. The molecular formula is C17H13N5O2. The number of hydrogen-bond acceptors (Lipinski definition) is 5. The molecule has 0 unspecified atom stereocenters. The number of rotatable bonds is 5. The van der Waals surface area contributed by atoms with E-state index >= 15 is 0 Å². The average molecular weight is 319 g/mol. The van der Waals surface area contributed by atoms with E-state index in [0.717, 1.165) is 5.69 Å². The van der Waals surface area contributed by atoms with E-state index in [-0.39, 0.29) is 12.5 Å². The summed E-state index contributed by atoms with van der Waals surface area (Å²) in [6, 6.07) is 15.9. The molecule has 3 rings (SSSR count). The summed E-state index contributed by atoms with van der Waals surface area (Å²) in [5.74, 6) is 0.0768. The highest BCUT2D eigenvalue weighted by atomic mass is 16.5. The van der Waals surface area contributed by atoms with Crippen LogP contribution in [0.1, 0.15) is 5.56 Å². The summed E-state index contributed by atoms with van der Waals surface area (Å²) in [6.45, 7) is -0.177. The molecule has 7 nitrogen and oxygen atoms in total. The number of carbonyl (C=O) groups is 1. The fourth-order valence-electron chi connectivity index (χ4n) is 2.06. The number of anilines is 1. The summed E-state index contributed by atoms with van der Waals surface area (Å²) in [5, 5.41) is 15.7. The standard InChI is InChI=1S/C17H13N5O2/c18-9-13-3-1-2-4-16(13)24-10-17(23)21-14-5-7-15(8-6-14)22-12-19-11-20-22/h1-8,11-12H,10H2,(H,21,23). The molecule has 0 atom stereocenters. The number of para-hydroxylation sites is 1. The van der Waals surface area contributed by atoms with E-state index in [1.165, 1.54) is 6.33 Å². The van der Waals surface area contributed by atoms with Gasteiger partial charge in [0.25, 0.3) is 5.91 Å². The first-order valence-corrected chi connectivity index (χ1v) is 7.13. The van der Waals surface area contributed by atoms with Crippen molar-refractivity contribution in [2.24, 2.45) is 0 Å². The Kier molecular flexibility index (Phi) is 4.49. The van der Waals surface area contributed by atoms with E-state index in [1.54, 1.807) is 47.4 Å². The van der Waals surface area contributed by atoms with Gasteiger partial charge in [-0.15, -0.1) is 0 Å². The number of carbonyl (C=O) groups excluding carboxylic acids is 1. The van der Waals surface area contributed by atoms with Gasteiger partial charge in [0.15, 0.2) is 6.61 Å². The van der Waals surface area contributed by atoms with Crippen molar-refractivity contribution < 1.29 is 9.53 Å². The number of hydrogen-bond donors (Lipinski definition) is 1. The summed E-state index contributed by atoms with van der Waals surface area (Å²) in [7, 11) is 0. The van der Waals surface area contributed by atoms with Gasteiger partial charge in [-0.05, 0) is 36.4 Å². The van der Waals surface area contributed by atoms with Crippen molar-refractivity contribution in [2.75, 3.05) is 11.9 Å². The van der Waals surface area contributed by atoms with E-state index < -0.39 is 0 Å². The Morgan fingerprint density at radius 2 is 2.00 bits per heavy atom. The second-order valence-corrected chi connectivity index (χ2v) is 4.83. The molecule has 0 spiro atoms. The van der Waals surface area contributed by atoms with Crippen LogP contribution < -0.4 is 10.1 Å². The molecule has 0 saturated heterocycles. The predicted molar refractivity (Wildman–Crippen MR) is 86.6 cm³/mol. The lowest BCUT2D eigenvalue weighted by Crippen LogP contribution is -2.20. The van der Waals surface area contributed by atoms with Crippen molar-refractivity contribution >= 4 is 11.6 Å². The maximum atomic E-state index is 12.0. The van der Waals surface area contributed by atoms with E-state index in [9.17, 15) is 4.79 Å². The van der Waals surface area contributed by atoms with Crippen molar-refractivity contribution in [3.8, 4) is 17.5 Å². The molecule has 0 aliphatic rings. The summed E-state index contributed by atoms with van der Waals surface area (Å²) in [6.07, 6.45) is 3.04. The molecule has 2 aromatic carbocycles. The highest BCUT2D eigenvalue weighted by Gasteiger charge is 2.07. The molecule has 24 heavy (non-hydrogen) atoms. The summed E-state index contributed by atoms with van der Waals surface area (Å²) in [5.41, 5.74) is 1.87. The van der Waals surface area contributed by atoms with Gasteiger partial charge in [0.1, 0.15) is 24.5 Å². The molecule has 7 heteroatoms. The molecule has 1 amide bonds. The van der Waals surface area contributed by atoms with Gasteiger partial charge in [0.2, 0.25) is 0 Å². The van der Waals surface area contributed by atoms with Crippen LogP contribution in [0.5, 0.6) is 5.75 Å². The van der Waals surface area contributed by atoms with E-state index in [2.05, 4.69) is 15.4 Å². The van der Waals surface area contributed by atoms with E-state index in [1.807, 2.05) is 18.2 Å². The van der Waals surface area contributed by atoms with E-state index in [0.29, 0.717) is 17.0 Å². The zero-order chi connectivity index (χ0) is 16.8. The summed E-state index contributed by atoms with van der Waals surface area (Å²) < 4.78 is 7.01. The summed E-state index contributed by atoms with van der Waals surface area (Å²) >= 11 is 0. The molecule has 118 valence electrons. The van der Waals surface area contributed by atoms with Crippen molar-refractivity contribution in [2.45, 2.75) is 0 Å². The zero-order valence-corrected chi connectivity index (χ0v) is 12.6. The first kappa shape index (κ1) is 15.2. The Morgan fingerprint density at radius 1 is 1.21 bits per heavy atom. The fraction of sp³-hybridized carbons (Fsp3) is 0.0588. The van der Waals surface area contributed by atoms with Gasteiger partial charge >= 0.3 is 0 Å². The van der Waals surface area contributed by atoms with Gasteiger partial charge in [-0.25, -0.2) is 9.67 Å². The number of nitrogens with one attached hydrogen (secondary N) is 1. The maximum absolute atomic E-state index is 12.0. The van der Waals surface area contributed by atoms with Crippen LogP contribution in [0.15, 0.2) is 61.2 Å². The predicted octanol–water partition coefficient (Wildman–Crippen LogP) is 2.16. The third-order valence-corrected chi connectivity index (χ3v) is 3.20. The molecular weight excluding hydrogens is 306 g/mol. The smallest absolute Gasteiger partial charge is 0.262 e. The van der Waals surface area contributed by atoms with Crippen molar-refractivity contribution in [3.05, 3.63) is 66.7 Å². The lowest BCUT2D eigenvalue weighted by molar-refractivity contribution is -0.118. The molecule has 0 radical (unpaired) electrons. The minimum Gasteiger partial charge on any atom is -0.482 e. The van der Waals surface area contributed by atoms with Crippen molar-refractivity contribution in [1.82, 2.24) is 14.8 Å². The molecule has 3 aromatic rings. The first-order valence-electron chi connectivity index (χ1n) is 7.13. The Bertz CT molecular complexity index is 867. The van der Waals surface area contributed by atoms with Crippen LogP contribution >= 0.6 is 0 Å². The molecule has 0 aliphatic heterocycles. The van der Waals surface area contributed by atoms with Gasteiger partial charge in [-0.2, -0.15) is 10.4 Å². The number of aromatic nitrogens is 3. The van der Waals surface area contributed by atoms with Crippen LogP contribution in [0.3, 0.4) is 0 Å². The molecule has 1 heterocycles. The molecule has 0 saturated carbocycles. The number of nitriles is 1. The minimum atomic E-state index is -0.309. The normalized spacial score (nSPS) is 9.96. The van der Waals surface area contributed by atoms with Crippen LogP contribution in [0, 0.1) is 11.3 Å². The third-order valence-electron chi connectivity index (χ3n) is 3.20. The lowest BCUT2D eigenvalue weighted by Gasteiger charge is -2.09. The monoisotopic (exact) mass is 319 g/mol. The van der Waals surface area contributed by atoms with Crippen LogP contribution in [0.2, 0.25) is 0 Å². The second-order valence-electron chi connectivity index (χ2n) is 4.83. The fourth-order valence-corrected chi connectivity index (χ4v) is 2.06. The number of benzene rings is 2. The zero-order valence-electron chi connectivity index (χ0n) is 12.6. The molecule has 0 bridgehead atoms. The molecule has 1 aromatic heterocycles.